The van der Waals surface area contributed by atoms with Crippen LogP contribution in [-0.2, 0) is 11.2 Å². The first-order valence-electron chi connectivity index (χ1n) is 8.02. The quantitative estimate of drug-likeness (QED) is 0.742. The fourth-order valence-corrected chi connectivity index (χ4v) is 3.02. The summed E-state index contributed by atoms with van der Waals surface area (Å²) in [7, 11) is 1.80. The molecule has 0 radical (unpaired) electrons. The van der Waals surface area contributed by atoms with Gasteiger partial charge in [0, 0.05) is 30.6 Å². The minimum absolute atomic E-state index is 0.131. The van der Waals surface area contributed by atoms with Crippen LogP contribution in [0, 0.1) is 5.92 Å². The topological polar surface area (TPSA) is 37.4 Å². The summed E-state index contributed by atoms with van der Waals surface area (Å²) >= 11 is 0. The molecule has 1 aromatic carbocycles. The van der Waals surface area contributed by atoms with Crippen molar-refractivity contribution >= 4 is 17.4 Å². The number of hydrogen-bond donors (Lipinski definition) is 0. The Hall–Kier alpha value is -1.64. The van der Waals surface area contributed by atoms with Gasteiger partial charge in [0.15, 0.2) is 5.78 Å². The number of nitrogens with zero attached hydrogens (tertiary/aromatic N) is 1. The lowest BCUT2D eigenvalue weighted by atomic mass is 9.88. The standard InChI is InChI=1S/C18H25NO2/c1-4-6-7-13(5-2)18(21)15-8-10-16-14(12-15)9-11-17(20)19(16)3/h8,10,12-13H,4-7,9,11H2,1-3H3. The van der Waals surface area contributed by atoms with Gasteiger partial charge in [-0.15, -0.1) is 0 Å². The first kappa shape index (κ1) is 15.7. The van der Waals surface area contributed by atoms with Crippen LogP contribution in [0.25, 0.3) is 0 Å². The van der Waals surface area contributed by atoms with E-state index in [-0.39, 0.29) is 17.6 Å². The molecular formula is C18H25NO2. The molecule has 1 aliphatic heterocycles. The Morgan fingerprint density at radius 1 is 1.29 bits per heavy atom. The summed E-state index contributed by atoms with van der Waals surface area (Å²) in [5.41, 5.74) is 2.87. The number of benzene rings is 1. The first-order chi connectivity index (χ1) is 10.1. The van der Waals surface area contributed by atoms with Gasteiger partial charge in [-0.25, -0.2) is 0 Å². The summed E-state index contributed by atoms with van der Waals surface area (Å²) < 4.78 is 0. The van der Waals surface area contributed by atoms with Gasteiger partial charge in [0.1, 0.15) is 0 Å². The van der Waals surface area contributed by atoms with Crippen molar-refractivity contribution < 1.29 is 9.59 Å². The zero-order valence-corrected chi connectivity index (χ0v) is 13.3. The van der Waals surface area contributed by atoms with Crippen LogP contribution >= 0.6 is 0 Å². The van der Waals surface area contributed by atoms with Crippen molar-refractivity contribution in [2.24, 2.45) is 5.92 Å². The van der Waals surface area contributed by atoms with E-state index < -0.39 is 0 Å². The van der Waals surface area contributed by atoms with Gasteiger partial charge < -0.3 is 4.90 Å². The Labute approximate surface area is 127 Å². The highest BCUT2D eigenvalue weighted by Crippen LogP contribution is 2.29. The van der Waals surface area contributed by atoms with E-state index in [4.69, 9.17) is 0 Å². The van der Waals surface area contributed by atoms with Crippen LogP contribution in [-0.4, -0.2) is 18.7 Å². The molecule has 0 saturated carbocycles. The second-order valence-corrected chi connectivity index (χ2v) is 5.91. The average molecular weight is 287 g/mol. The SMILES string of the molecule is CCCCC(CC)C(=O)c1ccc2c(c1)CCC(=O)N2C. The van der Waals surface area contributed by atoms with Gasteiger partial charge in [-0.05, 0) is 43.0 Å². The molecule has 0 aromatic heterocycles. The van der Waals surface area contributed by atoms with E-state index >= 15 is 0 Å². The van der Waals surface area contributed by atoms with Crippen molar-refractivity contribution in [1.29, 1.82) is 0 Å². The molecule has 0 aliphatic carbocycles. The van der Waals surface area contributed by atoms with Crippen molar-refractivity contribution in [1.82, 2.24) is 0 Å². The molecule has 3 nitrogen and oxygen atoms in total. The van der Waals surface area contributed by atoms with E-state index in [1.807, 2.05) is 18.2 Å². The van der Waals surface area contributed by atoms with Crippen LogP contribution in [0.3, 0.4) is 0 Å². The maximum absolute atomic E-state index is 12.6. The van der Waals surface area contributed by atoms with Gasteiger partial charge in [-0.3, -0.25) is 9.59 Å². The van der Waals surface area contributed by atoms with Crippen LogP contribution in [0.5, 0.6) is 0 Å². The number of Topliss-reactive ketones (excluding diaryl/α,β-unsaturated/α-hetero) is 1. The number of hydrogen-bond acceptors (Lipinski definition) is 2. The average Bonchev–Trinajstić information content (AvgIpc) is 2.51. The summed E-state index contributed by atoms with van der Waals surface area (Å²) in [6, 6.07) is 5.80. The molecule has 1 aliphatic rings. The third-order valence-corrected chi connectivity index (χ3v) is 4.48. The van der Waals surface area contributed by atoms with Crippen LogP contribution in [0.1, 0.15) is 61.9 Å². The number of carbonyl (C=O) groups excluding carboxylic acids is 2. The molecule has 1 unspecified atom stereocenters. The molecule has 0 saturated heterocycles. The molecule has 1 heterocycles. The Balaban J connectivity index is 2.21. The number of fused-ring (bicyclic) bond motifs is 1. The summed E-state index contributed by atoms with van der Waals surface area (Å²) in [6.45, 7) is 4.24. The molecule has 0 fully saturated rings. The molecule has 0 N–H and O–H groups in total. The molecule has 2 rings (SSSR count). The molecule has 21 heavy (non-hydrogen) atoms. The van der Waals surface area contributed by atoms with Gasteiger partial charge in [-0.2, -0.15) is 0 Å². The van der Waals surface area contributed by atoms with Gasteiger partial charge >= 0.3 is 0 Å². The number of anilines is 1. The fourth-order valence-electron chi connectivity index (χ4n) is 3.02. The van der Waals surface area contributed by atoms with Crippen molar-refractivity contribution in [3.8, 4) is 0 Å². The summed E-state index contributed by atoms with van der Waals surface area (Å²) in [5, 5.41) is 0. The zero-order chi connectivity index (χ0) is 15.4. The minimum atomic E-state index is 0.131. The van der Waals surface area contributed by atoms with Gasteiger partial charge in [0.2, 0.25) is 5.91 Å². The molecule has 3 heteroatoms. The summed E-state index contributed by atoms with van der Waals surface area (Å²) in [5.74, 6) is 0.537. The lowest BCUT2D eigenvalue weighted by Crippen LogP contribution is -2.31. The van der Waals surface area contributed by atoms with Crippen molar-refractivity contribution in [2.45, 2.75) is 52.4 Å². The highest BCUT2D eigenvalue weighted by molar-refractivity contribution is 6.00. The van der Waals surface area contributed by atoms with Crippen LogP contribution in [0.2, 0.25) is 0 Å². The van der Waals surface area contributed by atoms with Crippen LogP contribution in [0.15, 0.2) is 18.2 Å². The third kappa shape index (κ3) is 3.34. The smallest absolute Gasteiger partial charge is 0.227 e. The number of ketones is 1. The van der Waals surface area contributed by atoms with Crippen LogP contribution < -0.4 is 4.90 Å². The number of unbranched alkanes of at least 4 members (excludes halogenated alkanes) is 1. The Morgan fingerprint density at radius 2 is 2.05 bits per heavy atom. The lowest BCUT2D eigenvalue weighted by molar-refractivity contribution is -0.118. The Kier molecular flexibility index (Phi) is 5.16. The second-order valence-electron chi connectivity index (χ2n) is 5.91. The van der Waals surface area contributed by atoms with E-state index in [1.54, 1.807) is 11.9 Å². The molecule has 1 amide bonds. The highest BCUT2D eigenvalue weighted by atomic mass is 16.2. The molecule has 0 spiro atoms. The summed E-state index contributed by atoms with van der Waals surface area (Å²) in [4.78, 5) is 26.0. The van der Waals surface area contributed by atoms with Gasteiger partial charge in [0.05, 0.1) is 0 Å². The molecule has 0 bridgehead atoms. The van der Waals surface area contributed by atoms with E-state index in [0.29, 0.717) is 6.42 Å². The van der Waals surface area contributed by atoms with Crippen molar-refractivity contribution in [3.05, 3.63) is 29.3 Å². The Morgan fingerprint density at radius 3 is 2.71 bits per heavy atom. The fraction of sp³-hybridized carbons (Fsp3) is 0.556. The maximum atomic E-state index is 12.6. The van der Waals surface area contributed by atoms with Crippen molar-refractivity contribution in [3.63, 3.8) is 0 Å². The van der Waals surface area contributed by atoms with E-state index in [1.165, 1.54) is 0 Å². The first-order valence-corrected chi connectivity index (χ1v) is 8.02. The zero-order valence-electron chi connectivity index (χ0n) is 13.3. The molecular weight excluding hydrogens is 262 g/mol. The largest absolute Gasteiger partial charge is 0.315 e. The highest BCUT2D eigenvalue weighted by Gasteiger charge is 2.23. The predicted octanol–water partition coefficient (Wildman–Crippen LogP) is 3.99. The second kappa shape index (κ2) is 6.88. The number of amides is 1. The van der Waals surface area contributed by atoms with Crippen LogP contribution in [0.4, 0.5) is 5.69 Å². The lowest BCUT2D eigenvalue weighted by Gasteiger charge is -2.26. The van der Waals surface area contributed by atoms with Gasteiger partial charge in [-0.1, -0.05) is 26.7 Å². The maximum Gasteiger partial charge on any atom is 0.227 e. The van der Waals surface area contributed by atoms with Crippen molar-refractivity contribution in [2.75, 3.05) is 11.9 Å². The van der Waals surface area contributed by atoms with Gasteiger partial charge in [0.25, 0.3) is 0 Å². The number of rotatable bonds is 6. The van der Waals surface area contributed by atoms with E-state index in [2.05, 4.69) is 13.8 Å². The monoisotopic (exact) mass is 287 g/mol. The molecule has 1 atom stereocenters. The van der Waals surface area contributed by atoms with E-state index in [0.717, 1.165) is 48.9 Å². The molecule has 114 valence electrons. The third-order valence-electron chi connectivity index (χ3n) is 4.48. The summed E-state index contributed by atoms with van der Waals surface area (Å²) in [6.07, 6.45) is 5.38. The van der Waals surface area contributed by atoms with E-state index in [9.17, 15) is 9.59 Å². The Bertz CT molecular complexity index is 536. The molecule has 1 aromatic rings. The minimum Gasteiger partial charge on any atom is -0.315 e. The number of aryl methyl sites for hydroxylation is 1. The normalized spacial score (nSPS) is 15.8. The number of carbonyl (C=O) groups is 2. The predicted molar refractivity (Wildman–Crippen MR) is 85.8 cm³/mol.